The third-order valence-electron chi connectivity index (χ3n) is 5.60. The molecule has 1 fully saturated rings. The molecule has 0 unspecified atom stereocenters. The van der Waals surface area contributed by atoms with Crippen molar-refractivity contribution in [3.05, 3.63) is 30.5 Å². The lowest BCUT2D eigenvalue weighted by atomic mass is 9.92. The minimum absolute atomic E-state index is 0.0934. The van der Waals surface area contributed by atoms with Crippen molar-refractivity contribution in [3.8, 4) is 0 Å². The first-order valence-corrected chi connectivity index (χ1v) is 9.60. The number of likely N-dealkylation sites (N-methyl/N-ethyl adjacent to an activating group) is 1. The molecule has 4 rings (SSSR count). The SMILES string of the molecule is C[C@@H]1C(=O)N(C)c2cnc(Nc3ccc(N)cc3)nc2N1C1CCCCC1. The van der Waals surface area contributed by atoms with Crippen LogP contribution in [0.1, 0.15) is 39.0 Å². The van der Waals surface area contributed by atoms with E-state index >= 15 is 0 Å². The van der Waals surface area contributed by atoms with Crippen LogP contribution >= 0.6 is 0 Å². The molecule has 0 bridgehead atoms. The van der Waals surface area contributed by atoms with Gasteiger partial charge >= 0.3 is 0 Å². The smallest absolute Gasteiger partial charge is 0.249 e. The van der Waals surface area contributed by atoms with Crippen LogP contribution in [0.2, 0.25) is 0 Å². The number of carbonyl (C=O) groups excluding carboxylic acids is 1. The zero-order chi connectivity index (χ0) is 19.0. The number of nitrogens with zero attached hydrogens (tertiary/aromatic N) is 4. The summed E-state index contributed by atoms with van der Waals surface area (Å²) in [6.45, 7) is 1.98. The van der Waals surface area contributed by atoms with Crippen molar-refractivity contribution in [2.75, 3.05) is 27.9 Å². The number of hydrogen-bond acceptors (Lipinski definition) is 6. The van der Waals surface area contributed by atoms with E-state index in [1.54, 1.807) is 18.1 Å². The molecule has 2 aliphatic rings. The van der Waals surface area contributed by atoms with Gasteiger partial charge in [0.25, 0.3) is 0 Å². The fourth-order valence-corrected chi connectivity index (χ4v) is 4.10. The Bertz CT molecular complexity index is 831. The number of fused-ring (bicyclic) bond motifs is 1. The maximum Gasteiger partial charge on any atom is 0.249 e. The molecule has 0 radical (unpaired) electrons. The van der Waals surface area contributed by atoms with Crippen LogP contribution in [0, 0.1) is 0 Å². The Kier molecular flexibility index (Phi) is 4.59. The minimum atomic E-state index is -0.218. The number of anilines is 5. The van der Waals surface area contributed by atoms with Gasteiger partial charge in [0.15, 0.2) is 5.82 Å². The van der Waals surface area contributed by atoms with Crippen molar-refractivity contribution in [2.45, 2.75) is 51.1 Å². The predicted octanol–water partition coefficient (Wildman–Crippen LogP) is 3.31. The number of nitrogen functional groups attached to an aromatic ring is 1. The van der Waals surface area contributed by atoms with Gasteiger partial charge in [0.2, 0.25) is 11.9 Å². The van der Waals surface area contributed by atoms with E-state index in [4.69, 9.17) is 10.7 Å². The number of nitrogens with two attached hydrogens (primary N) is 1. The van der Waals surface area contributed by atoms with Crippen LogP contribution in [0.3, 0.4) is 0 Å². The topological polar surface area (TPSA) is 87.4 Å². The monoisotopic (exact) mass is 366 g/mol. The Morgan fingerprint density at radius 3 is 2.56 bits per heavy atom. The molecule has 1 aromatic carbocycles. The van der Waals surface area contributed by atoms with E-state index < -0.39 is 0 Å². The summed E-state index contributed by atoms with van der Waals surface area (Å²) in [4.78, 5) is 25.9. The number of carbonyl (C=O) groups is 1. The second kappa shape index (κ2) is 7.06. The number of rotatable bonds is 3. The van der Waals surface area contributed by atoms with Gasteiger partial charge in [0.05, 0.1) is 6.20 Å². The van der Waals surface area contributed by atoms with Crippen molar-refractivity contribution in [3.63, 3.8) is 0 Å². The third kappa shape index (κ3) is 3.29. The lowest BCUT2D eigenvalue weighted by Crippen LogP contribution is -2.55. The van der Waals surface area contributed by atoms with E-state index in [0.29, 0.717) is 17.7 Å². The normalized spacial score (nSPS) is 20.5. The van der Waals surface area contributed by atoms with E-state index in [0.717, 1.165) is 30.0 Å². The van der Waals surface area contributed by atoms with Crippen LogP contribution in [0.15, 0.2) is 30.5 Å². The molecule has 142 valence electrons. The molecular weight excluding hydrogens is 340 g/mol. The standard InChI is InChI=1S/C20H26N6O/c1-13-19(27)25(2)17-12-22-20(23-15-10-8-14(21)9-11-15)24-18(17)26(13)16-6-4-3-5-7-16/h8-13,16H,3-7,21H2,1-2H3,(H,22,23,24)/t13-/m1/s1. The number of hydrogen-bond donors (Lipinski definition) is 2. The molecule has 3 N–H and O–H groups in total. The maximum atomic E-state index is 12.7. The molecule has 2 aromatic rings. The van der Waals surface area contributed by atoms with Crippen LogP contribution in [-0.4, -0.2) is 35.0 Å². The fraction of sp³-hybridized carbons (Fsp3) is 0.450. The van der Waals surface area contributed by atoms with Gasteiger partial charge < -0.3 is 20.9 Å². The average molecular weight is 366 g/mol. The number of amides is 1. The molecule has 2 heterocycles. The molecular formula is C20H26N6O. The Hall–Kier alpha value is -2.83. The molecule has 1 aromatic heterocycles. The highest BCUT2D eigenvalue weighted by Crippen LogP contribution is 2.38. The molecule has 1 amide bonds. The van der Waals surface area contributed by atoms with Gasteiger partial charge in [-0.25, -0.2) is 4.98 Å². The maximum absolute atomic E-state index is 12.7. The van der Waals surface area contributed by atoms with Gasteiger partial charge in [-0.3, -0.25) is 4.79 Å². The summed E-state index contributed by atoms with van der Waals surface area (Å²) >= 11 is 0. The summed E-state index contributed by atoms with van der Waals surface area (Å²) in [5.74, 6) is 1.45. The molecule has 1 atom stereocenters. The van der Waals surface area contributed by atoms with Crippen LogP contribution in [0.25, 0.3) is 0 Å². The summed E-state index contributed by atoms with van der Waals surface area (Å²) < 4.78 is 0. The first-order valence-electron chi connectivity index (χ1n) is 9.60. The van der Waals surface area contributed by atoms with Gasteiger partial charge in [-0.1, -0.05) is 19.3 Å². The molecule has 0 spiro atoms. The lowest BCUT2D eigenvalue weighted by Gasteiger charge is -2.44. The van der Waals surface area contributed by atoms with Crippen LogP contribution in [0.4, 0.5) is 28.8 Å². The summed E-state index contributed by atoms with van der Waals surface area (Å²) in [6, 6.07) is 7.60. The molecule has 27 heavy (non-hydrogen) atoms. The van der Waals surface area contributed by atoms with Gasteiger partial charge in [-0.15, -0.1) is 0 Å². The average Bonchev–Trinajstić information content (AvgIpc) is 2.69. The summed E-state index contributed by atoms with van der Waals surface area (Å²) in [5, 5.41) is 3.24. The van der Waals surface area contributed by atoms with Crippen molar-refractivity contribution in [1.29, 1.82) is 0 Å². The highest BCUT2D eigenvalue weighted by molar-refractivity contribution is 6.04. The highest BCUT2D eigenvalue weighted by Gasteiger charge is 2.39. The number of benzene rings is 1. The van der Waals surface area contributed by atoms with E-state index in [1.165, 1.54) is 19.3 Å². The number of nitrogens with one attached hydrogen (secondary N) is 1. The first-order chi connectivity index (χ1) is 13.0. The Labute approximate surface area is 159 Å². The summed E-state index contributed by atoms with van der Waals surface area (Å²) in [5.41, 5.74) is 8.11. The quantitative estimate of drug-likeness (QED) is 0.811. The molecule has 7 heteroatoms. The van der Waals surface area contributed by atoms with Crippen molar-refractivity contribution in [1.82, 2.24) is 9.97 Å². The zero-order valence-corrected chi connectivity index (χ0v) is 15.9. The highest BCUT2D eigenvalue weighted by atomic mass is 16.2. The van der Waals surface area contributed by atoms with Crippen LogP contribution < -0.4 is 20.9 Å². The summed E-state index contributed by atoms with van der Waals surface area (Å²) in [7, 11) is 1.80. The molecule has 1 saturated carbocycles. The Morgan fingerprint density at radius 1 is 1.15 bits per heavy atom. The lowest BCUT2D eigenvalue weighted by molar-refractivity contribution is -0.119. The second-order valence-corrected chi connectivity index (χ2v) is 7.42. The van der Waals surface area contributed by atoms with Crippen LogP contribution in [-0.2, 0) is 4.79 Å². The Morgan fingerprint density at radius 2 is 1.85 bits per heavy atom. The number of aromatic nitrogens is 2. The van der Waals surface area contributed by atoms with E-state index in [-0.39, 0.29) is 11.9 Å². The van der Waals surface area contributed by atoms with Gasteiger partial charge in [-0.05, 0) is 44.0 Å². The van der Waals surface area contributed by atoms with Crippen molar-refractivity contribution in [2.24, 2.45) is 0 Å². The van der Waals surface area contributed by atoms with Gasteiger partial charge in [0.1, 0.15) is 11.7 Å². The van der Waals surface area contributed by atoms with Gasteiger partial charge in [-0.2, -0.15) is 4.98 Å². The molecule has 7 nitrogen and oxygen atoms in total. The van der Waals surface area contributed by atoms with Crippen LogP contribution in [0.5, 0.6) is 0 Å². The molecule has 1 aliphatic heterocycles. The third-order valence-corrected chi connectivity index (χ3v) is 5.60. The van der Waals surface area contributed by atoms with Crippen molar-refractivity contribution < 1.29 is 4.79 Å². The van der Waals surface area contributed by atoms with E-state index in [1.807, 2.05) is 31.2 Å². The minimum Gasteiger partial charge on any atom is -0.399 e. The van der Waals surface area contributed by atoms with Gasteiger partial charge in [0, 0.05) is 24.5 Å². The van der Waals surface area contributed by atoms with E-state index in [2.05, 4.69) is 15.2 Å². The molecule has 0 saturated heterocycles. The first kappa shape index (κ1) is 17.6. The largest absolute Gasteiger partial charge is 0.399 e. The molecule has 1 aliphatic carbocycles. The predicted molar refractivity (Wildman–Crippen MR) is 108 cm³/mol. The van der Waals surface area contributed by atoms with E-state index in [9.17, 15) is 4.79 Å². The van der Waals surface area contributed by atoms with Crippen molar-refractivity contribution >= 4 is 34.7 Å². The fourth-order valence-electron chi connectivity index (χ4n) is 4.10. The Balaban J connectivity index is 1.70. The zero-order valence-electron chi connectivity index (χ0n) is 15.9. The second-order valence-electron chi connectivity index (χ2n) is 7.42. The summed E-state index contributed by atoms with van der Waals surface area (Å²) in [6.07, 6.45) is 7.62.